The monoisotopic (exact) mass is 395 g/mol. The van der Waals surface area contributed by atoms with Gasteiger partial charge in [0.05, 0.1) is 29.3 Å². The summed E-state index contributed by atoms with van der Waals surface area (Å²) < 4.78 is 5.46. The van der Waals surface area contributed by atoms with Gasteiger partial charge in [-0.2, -0.15) is 5.26 Å². The van der Waals surface area contributed by atoms with E-state index in [2.05, 4.69) is 16.3 Å². The van der Waals surface area contributed by atoms with E-state index in [0.717, 1.165) is 38.8 Å². The summed E-state index contributed by atoms with van der Waals surface area (Å²) >= 11 is 12.3. The summed E-state index contributed by atoms with van der Waals surface area (Å²) in [6.45, 7) is 3.13. The molecule has 1 unspecified atom stereocenters. The molecule has 1 aromatic rings. The van der Waals surface area contributed by atoms with Crippen molar-refractivity contribution in [2.75, 3.05) is 26.3 Å². The largest absolute Gasteiger partial charge is 0.379 e. The van der Waals surface area contributed by atoms with E-state index in [0.29, 0.717) is 35.2 Å². The van der Waals surface area contributed by atoms with Crippen molar-refractivity contribution in [1.29, 1.82) is 5.26 Å². The Bertz CT molecular complexity index is 693. The number of nitrogens with zero attached hydrogens (tertiary/aromatic N) is 2. The minimum Gasteiger partial charge on any atom is -0.379 e. The molecule has 1 saturated carbocycles. The van der Waals surface area contributed by atoms with E-state index >= 15 is 0 Å². The summed E-state index contributed by atoms with van der Waals surface area (Å²) in [4.78, 5) is 15.2. The molecule has 1 heterocycles. The third kappa shape index (κ3) is 4.15. The topological polar surface area (TPSA) is 65.4 Å². The second kappa shape index (κ2) is 8.58. The van der Waals surface area contributed by atoms with Gasteiger partial charge in [-0.15, -0.1) is 0 Å². The maximum atomic E-state index is 12.8. The molecule has 1 amide bonds. The van der Waals surface area contributed by atoms with Crippen LogP contribution < -0.4 is 5.32 Å². The summed E-state index contributed by atoms with van der Waals surface area (Å²) in [6, 6.07) is 6.43. The number of carbonyl (C=O) groups is 1. The van der Waals surface area contributed by atoms with Crippen LogP contribution in [0.15, 0.2) is 18.2 Å². The van der Waals surface area contributed by atoms with Crippen molar-refractivity contribution in [2.45, 2.75) is 43.7 Å². The quantitative estimate of drug-likeness (QED) is 0.824. The van der Waals surface area contributed by atoms with Crippen LogP contribution in [0.1, 0.15) is 43.7 Å². The number of benzene rings is 1. The van der Waals surface area contributed by atoms with Crippen molar-refractivity contribution in [3.8, 4) is 6.07 Å². The van der Waals surface area contributed by atoms with Crippen LogP contribution in [0, 0.1) is 11.3 Å². The first-order valence-corrected chi connectivity index (χ1v) is 9.77. The van der Waals surface area contributed by atoms with E-state index in [-0.39, 0.29) is 11.4 Å². The minimum atomic E-state index is -0.808. The van der Waals surface area contributed by atoms with Gasteiger partial charge >= 0.3 is 0 Å². The van der Waals surface area contributed by atoms with E-state index in [4.69, 9.17) is 27.9 Å². The lowest BCUT2D eigenvalue weighted by molar-refractivity contribution is -0.125. The van der Waals surface area contributed by atoms with Crippen LogP contribution >= 0.6 is 23.2 Å². The van der Waals surface area contributed by atoms with Gasteiger partial charge in [0.2, 0.25) is 5.91 Å². The van der Waals surface area contributed by atoms with Crippen molar-refractivity contribution in [2.24, 2.45) is 0 Å². The molecule has 0 aromatic heterocycles. The summed E-state index contributed by atoms with van der Waals surface area (Å²) in [7, 11) is 0. The second-order valence-corrected chi connectivity index (χ2v) is 7.77. The van der Waals surface area contributed by atoms with Crippen LogP contribution in [0.3, 0.4) is 0 Å². The number of carbonyl (C=O) groups excluding carboxylic acids is 1. The zero-order chi connectivity index (χ0) is 18.6. The van der Waals surface area contributed by atoms with Crippen LogP contribution in [-0.4, -0.2) is 42.6 Å². The van der Waals surface area contributed by atoms with Crippen molar-refractivity contribution >= 4 is 29.1 Å². The Hall–Kier alpha value is -1.32. The van der Waals surface area contributed by atoms with Crippen molar-refractivity contribution in [1.82, 2.24) is 10.2 Å². The van der Waals surface area contributed by atoms with Crippen LogP contribution in [0.25, 0.3) is 0 Å². The summed E-state index contributed by atoms with van der Waals surface area (Å²) in [6.07, 6.45) is 4.67. The van der Waals surface area contributed by atoms with E-state index < -0.39 is 6.04 Å². The average molecular weight is 396 g/mol. The molecular formula is C19H23Cl2N3O2. The Balaban J connectivity index is 1.71. The Morgan fingerprint density at radius 3 is 2.65 bits per heavy atom. The third-order valence-corrected chi connectivity index (χ3v) is 6.27. The lowest BCUT2D eigenvalue weighted by Gasteiger charge is -2.43. The Labute approximate surface area is 164 Å². The van der Waals surface area contributed by atoms with E-state index in [1.165, 1.54) is 0 Å². The van der Waals surface area contributed by atoms with E-state index in [1.54, 1.807) is 18.2 Å². The average Bonchev–Trinajstić information content (AvgIpc) is 3.12. The van der Waals surface area contributed by atoms with Gasteiger partial charge < -0.3 is 10.1 Å². The maximum Gasteiger partial charge on any atom is 0.223 e. The molecule has 1 N–H and O–H groups in total. The number of rotatable bonds is 5. The standard InChI is InChI=1S/C19H23Cl2N3O2/c20-15-5-3-4-14(18(15)21)16(13-22)23-17(25)12-19(6-1-2-7-19)24-8-10-26-11-9-24/h3-5,16H,1-2,6-12H2,(H,23,25). The summed E-state index contributed by atoms with van der Waals surface area (Å²) in [5.74, 6) is -0.124. The van der Waals surface area contributed by atoms with Gasteiger partial charge in [-0.1, -0.05) is 48.2 Å². The highest BCUT2D eigenvalue weighted by Crippen LogP contribution is 2.39. The lowest BCUT2D eigenvalue weighted by atomic mass is 9.89. The molecule has 5 nitrogen and oxygen atoms in total. The summed E-state index contributed by atoms with van der Waals surface area (Å²) in [5, 5.41) is 13.0. The smallest absolute Gasteiger partial charge is 0.223 e. The summed E-state index contributed by atoms with van der Waals surface area (Å²) in [5.41, 5.74) is 0.410. The van der Waals surface area contributed by atoms with Crippen molar-refractivity contribution in [3.05, 3.63) is 33.8 Å². The highest BCUT2D eigenvalue weighted by atomic mass is 35.5. The maximum absolute atomic E-state index is 12.8. The molecule has 0 radical (unpaired) electrons. The molecule has 26 heavy (non-hydrogen) atoms. The zero-order valence-corrected chi connectivity index (χ0v) is 16.2. The van der Waals surface area contributed by atoms with Gasteiger partial charge in [0.1, 0.15) is 6.04 Å². The number of hydrogen-bond acceptors (Lipinski definition) is 4. The zero-order valence-electron chi connectivity index (χ0n) is 14.6. The first-order valence-electron chi connectivity index (χ1n) is 9.01. The Morgan fingerprint density at radius 1 is 1.31 bits per heavy atom. The third-order valence-electron chi connectivity index (χ3n) is 5.43. The predicted octanol–water partition coefficient (Wildman–Crippen LogP) is 3.71. The van der Waals surface area contributed by atoms with Gasteiger partial charge in [-0.3, -0.25) is 9.69 Å². The molecule has 2 aliphatic rings. The van der Waals surface area contributed by atoms with Crippen molar-refractivity contribution in [3.63, 3.8) is 0 Å². The molecule has 1 saturated heterocycles. The lowest BCUT2D eigenvalue weighted by Crippen LogP contribution is -2.54. The van der Waals surface area contributed by atoms with Gasteiger partial charge in [-0.25, -0.2) is 0 Å². The molecule has 1 atom stereocenters. The molecule has 3 rings (SSSR count). The van der Waals surface area contributed by atoms with E-state index in [9.17, 15) is 10.1 Å². The SMILES string of the molecule is N#CC(NC(=O)CC1(N2CCOCC2)CCCC1)c1cccc(Cl)c1Cl. The van der Waals surface area contributed by atoms with Gasteiger partial charge in [0, 0.05) is 30.6 Å². The second-order valence-electron chi connectivity index (χ2n) is 6.98. The molecule has 7 heteroatoms. The Morgan fingerprint density at radius 2 is 2.00 bits per heavy atom. The highest BCUT2D eigenvalue weighted by molar-refractivity contribution is 6.42. The molecule has 0 spiro atoms. The highest BCUT2D eigenvalue weighted by Gasteiger charge is 2.42. The number of hydrogen-bond donors (Lipinski definition) is 1. The van der Waals surface area contributed by atoms with Gasteiger partial charge in [0.25, 0.3) is 0 Å². The fourth-order valence-electron chi connectivity index (χ4n) is 4.11. The number of morpholine rings is 1. The number of amides is 1. The molecule has 1 aliphatic carbocycles. The van der Waals surface area contributed by atoms with Crippen LogP contribution in [0.4, 0.5) is 0 Å². The number of ether oxygens (including phenoxy) is 1. The Kier molecular flexibility index (Phi) is 6.42. The molecular weight excluding hydrogens is 373 g/mol. The van der Waals surface area contributed by atoms with Crippen LogP contribution in [-0.2, 0) is 9.53 Å². The minimum absolute atomic E-state index is 0.119. The predicted molar refractivity (Wildman–Crippen MR) is 101 cm³/mol. The normalized spacial score (nSPS) is 21.1. The fraction of sp³-hybridized carbons (Fsp3) is 0.579. The molecule has 1 aromatic carbocycles. The molecule has 0 bridgehead atoms. The van der Waals surface area contributed by atoms with E-state index in [1.807, 2.05) is 0 Å². The number of nitriles is 1. The number of nitrogens with one attached hydrogen (secondary N) is 1. The molecule has 2 fully saturated rings. The van der Waals surface area contributed by atoms with Crippen LogP contribution in [0.2, 0.25) is 10.0 Å². The van der Waals surface area contributed by atoms with Crippen LogP contribution in [0.5, 0.6) is 0 Å². The van der Waals surface area contributed by atoms with Gasteiger partial charge in [0.15, 0.2) is 0 Å². The first kappa shape index (κ1) is 19.4. The fourth-order valence-corrected chi connectivity index (χ4v) is 4.53. The number of halogens is 2. The van der Waals surface area contributed by atoms with Gasteiger partial charge in [-0.05, 0) is 18.9 Å². The molecule has 1 aliphatic heterocycles. The first-order chi connectivity index (χ1) is 12.6. The molecule has 140 valence electrons. The van der Waals surface area contributed by atoms with Crippen molar-refractivity contribution < 1.29 is 9.53 Å².